The summed E-state index contributed by atoms with van der Waals surface area (Å²) in [6.45, 7) is 2.24. The van der Waals surface area contributed by atoms with E-state index in [0.717, 1.165) is 4.70 Å². The van der Waals surface area contributed by atoms with E-state index in [-0.39, 0.29) is 30.0 Å². The number of carbonyl (C=O) groups excluding carboxylic acids is 1. The topological polar surface area (TPSA) is 135 Å². The van der Waals surface area contributed by atoms with E-state index in [9.17, 15) is 23.4 Å². The zero-order valence-electron chi connectivity index (χ0n) is 19.3. The summed E-state index contributed by atoms with van der Waals surface area (Å²) in [4.78, 5) is 18.0. The monoisotopic (exact) mass is 520 g/mol. The van der Waals surface area contributed by atoms with E-state index in [0.29, 0.717) is 53.4 Å². The lowest BCUT2D eigenvalue weighted by Gasteiger charge is -2.27. The van der Waals surface area contributed by atoms with Crippen molar-refractivity contribution in [3.63, 3.8) is 0 Å². The summed E-state index contributed by atoms with van der Waals surface area (Å²) in [5.74, 6) is -0.436. The molecule has 1 atom stereocenters. The first kappa shape index (κ1) is 25.7. The smallest absolute Gasteiger partial charge is 0.259 e. The Kier molecular flexibility index (Phi) is 8.15. The van der Waals surface area contributed by atoms with Crippen molar-refractivity contribution >= 4 is 42.4 Å². The summed E-state index contributed by atoms with van der Waals surface area (Å²) in [6, 6.07) is 9.63. The van der Waals surface area contributed by atoms with Gasteiger partial charge in [0.05, 0.1) is 40.2 Å². The molecule has 188 valence electrons. The van der Waals surface area contributed by atoms with Gasteiger partial charge in [-0.1, -0.05) is 30.4 Å². The van der Waals surface area contributed by atoms with Crippen LogP contribution in [0.4, 0.5) is 5.13 Å². The van der Waals surface area contributed by atoms with E-state index < -0.39 is 21.8 Å². The van der Waals surface area contributed by atoms with E-state index in [1.54, 1.807) is 31.2 Å². The maximum absolute atomic E-state index is 13.3. The summed E-state index contributed by atoms with van der Waals surface area (Å²) in [5, 5.41) is 22.3. The van der Waals surface area contributed by atoms with Crippen molar-refractivity contribution in [2.75, 3.05) is 24.3 Å². The van der Waals surface area contributed by atoms with E-state index in [1.807, 2.05) is 0 Å². The van der Waals surface area contributed by atoms with E-state index in [1.165, 1.54) is 23.5 Å². The Morgan fingerprint density at radius 3 is 2.46 bits per heavy atom. The zero-order chi connectivity index (χ0) is 25.0. The standard InChI is InChI=1S/C24H28N2O7S2/c1-2-35(30,31)19-5-3-15(4-6-19)22(33-18-7-9-32-10-8-18)23(29)26-24-25-20-11-16(13-27)17(14-28)12-21(20)34-24/h3-6,11-12,18,22,27-28H,2,7-10,13-14H2,1H3,(H,25,26,29). The third-order valence-electron chi connectivity index (χ3n) is 5.94. The van der Waals surface area contributed by atoms with Gasteiger partial charge < -0.3 is 19.7 Å². The van der Waals surface area contributed by atoms with Crippen LogP contribution in [0.25, 0.3) is 10.2 Å². The number of aliphatic hydroxyl groups excluding tert-OH is 2. The Hall–Kier alpha value is -2.41. The third kappa shape index (κ3) is 5.88. The molecule has 0 saturated carbocycles. The minimum absolute atomic E-state index is 0.0115. The van der Waals surface area contributed by atoms with Crippen LogP contribution in [0, 0.1) is 0 Å². The molecule has 0 radical (unpaired) electrons. The number of carbonyl (C=O) groups is 1. The van der Waals surface area contributed by atoms with Gasteiger partial charge in [-0.2, -0.15) is 0 Å². The van der Waals surface area contributed by atoms with Crippen molar-refractivity contribution in [1.29, 1.82) is 0 Å². The molecule has 0 spiro atoms. The maximum atomic E-state index is 13.3. The molecule has 1 aromatic heterocycles. The van der Waals surface area contributed by atoms with Crippen LogP contribution in [-0.4, -0.2) is 54.6 Å². The van der Waals surface area contributed by atoms with E-state index >= 15 is 0 Å². The summed E-state index contributed by atoms with van der Waals surface area (Å²) in [6.07, 6.45) is 0.167. The minimum atomic E-state index is -3.36. The average Bonchev–Trinajstić information content (AvgIpc) is 3.27. The predicted octanol–water partition coefficient (Wildman–Crippen LogP) is 2.95. The SMILES string of the molecule is CCS(=O)(=O)c1ccc(C(OC2CCOCC2)C(=O)Nc2nc3cc(CO)c(CO)cc3s2)cc1. The van der Waals surface area contributed by atoms with Crippen LogP contribution in [0.1, 0.15) is 42.6 Å². The Labute approximate surface area is 207 Å². The number of nitrogens with one attached hydrogen (secondary N) is 1. The van der Waals surface area contributed by atoms with Gasteiger partial charge in [-0.15, -0.1) is 0 Å². The Bertz CT molecular complexity index is 1240. The molecule has 4 rings (SSSR count). The fourth-order valence-corrected chi connectivity index (χ4v) is 5.69. The van der Waals surface area contributed by atoms with Gasteiger partial charge in [-0.3, -0.25) is 10.1 Å². The lowest BCUT2D eigenvalue weighted by molar-refractivity contribution is -0.136. The third-order valence-corrected chi connectivity index (χ3v) is 8.62. The van der Waals surface area contributed by atoms with Gasteiger partial charge in [-0.05, 0) is 53.8 Å². The molecule has 1 fully saturated rings. The number of fused-ring (bicyclic) bond motifs is 1. The first-order chi connectivity index (χ1) is 16.8. The summed E-state index contributed by atoms with van der Waals surface area (Å²) in [7, 11) is -3.36. The highest BCUT2D eigenvalue weighted by molar-refractivity contribution is 7.91. The van der Waals surface area contributed by atoms with Crippen LogP contribution >= 0.6 is 11.3 Å². The van der Waals surface area contributed by atoms with Gasteiger partial charge in [-0.25, -0.2) is 13.4 Å². The van der Waals surface area contributed by atoms with Gasteiger partial charge in [0.15, 0.2) is 21.1 Å². The molecule has 0 aliphatic carbocycles. The lowest BCUT2D eigenvalue weighted by Crippen LogP contribution is -2.31. The van der Waals surface area contributed by atoms with Crippen molar-refractivity contribution in [1.82, 2.24) is 4.98 Å². The molecule has 1 aliphatic rings. The largest absolute Gasteiger partial charge is 0.392 e. The molecule has 9 nitrogen and oxygen atoms in total. The second kappa shape index (κ2) is 11.1. The molecule has 2 heterocycles. The average molecular weight is 521 g/mol. The number of hydrogen-bond donors (Lipinski definition) is 3. The highest BCUT2D eigenvalue weighted by atomic mass is 32.2. The number of amides is 1. The molecule has 2 aromatic carbocycles. The van der Waals surface area contributed by atoms with Gasteiger partial charge >= 0.3 is 0 Å². The number of aromatic nitrogens is 1. The molecular formula is C24H28N2O7S2. The van der Waals surface area contributed by atoms with Gasteiger partial charge in [0.1, 0.15) is 0 Å². The molecule has 11 heteroatoms. The van der Waals surface area contributed by atoms with Crippen LogP contribution in [0.5, 0.6) is 0 Å². The molecule has 1 saturated heterocycles. The second-order valence-corrected chi connectivity index (χ2v) is 11.5. The van der Waals surface area contributed by atoms with Gasteiger partial charge in [0.25, 0.3) is 5.91 Å². The molecular weight excluding hydrogens is 492 g/mol. The fraction of sp³-hybridized carbons (Fsp3) is 0.417. The molecule has 0 bridgehead atoms. The van der Waals surface area contributed by atoms with Crippen molar-refractivity contribution in [3.05, 3.63) is 53.1 Å². The van der Waals surface area contributed by atoms with Gasteiger partial charge in [0, 0.05) is 13.2 Å². The number of nitrogens with zero attached hydrogens (tertiary/aromatic N) is 1. The van der Waals surface area contributed by atoms with Crippen LogP contribution in [-0.2, 0) is 37.3 Å². The maximum Gasteiger partial charge on any atom is 0.259 e. The normalized spacial score (nSPS) is 15.9. The summed E-state index contributed by atoms with van der Waals surface area (Å²) < 4.78 is 36.7. The van der Waals surface area contributed by atoms with E-state index in [4.69, 9.17) is 9.47 Å². The summed E-state index contributed by atoms with van der Waals surface area (Å²) >= 11 is 1.25. The first-order valence-electron chi connectivity index (χ1n) is 11.4. The van der Waals surface area contributed by atoms with E-state index in [2.05, 4.69) is 10.3 Å². The lowest BCUT2D eigenvalue weighted by atomic mass is 10.1. The Balaban J connectivity index is 1.60. The molecule has 1 amide bonds. The number of benzene rings is 2. The quantitative estimate of drug-likeness (QED) is 0.392. The number of sulfone groups is 1. The molecule has 3 N–H and O–H groups in total. The van der Waals surface area contributed by atoms with Crippen LogP contribution < -0.4 is 5.32 Å². The summed E-state index contributed by atoms with van der Waals surface area (Å²) in [5.41, 5.74) is 2.31. The Morgan fingerprint density at radius 1 is 1.17 bits per heavy atom. The zero-order valence-corrected chi connectivity index (χ0v) is 20.9. The molecule has 1 unspecified atom stereocenters. The van der Waals surface area contributed by atoms with Crippen molar-refractivity contribution in [3.8, 4) is 0 Å². The van der Waals surface area contributed by atoms with Crippen LogP contribution in [0.2, 0.25) is 0 Å². The molecule has 1 aliphatic heterocycles. The number of ether oxygens (including phenoxy) is 2. The Morgan fingerprint density at radius 2 is 1.83 bits per heavy atom. The van der Waals surface area contributed by atoms with Crippen LogP contribution in [0.15, 0.2) is 41.3 Å². The second-order valence-electron chi connectivity index (χ2n) is 8.21. The van der Waals surface area contributed by atoms with Crippen LogP contribution in [0.3, 0.4) is 0 Å². The number of thiazole rings is 1. The van der Waals surface area contributed by atoms with Gasteiger partial charge in [0.2, 0.25) is 0 Å². The molecule has 35 heavy (non-hydrogen) atoms. The minimum Gasteiger partial charge on any atom is -0.392 e. The first-order valence-corrected chi connectivity index (χ1v) is 13.8. The number of aliphatic hydroxyl groups is 2. The molecule has 3 aromatic rings. The number of rotatable bonds is 9. The van der Waals surface area contributed by atoms with Crippen molar-refractivity contribution < 1.29 is 32.9 Å². The predicted molar refractivity (Wildman–Crippen MR) is 132 cm³/mol. The number of anilines is 1. The highest BCUT2D eigenvalue weighted by Gasteiger charge is 2.28. The number of hydrogen-bond acceptors (Lipinski definition) is 9. The van der Waals surface area contributed by atoms with Crippen molar-refractivity contribution in [2.45, 2.75) is 50.1 Å². The fourth-order valence-electron chi connectivity index (χ4n) is 3.89. The van der Waals surface area contributed by atoms with Crippen molar-refractivity contribution in [2.24, 2.45) is 0 Å². The highest BCUT2D eigenvalue weighted by Crippen LogP contribution is 2.31.